The summed E-state index contributed by atoms with van der Waals surface area (Å²) in [7, 11) is 1.82. The predicted molar refractivity (Wildman–Crippen MR) is 116 cm³/mol. The van der Waals surface area contributed by atoms with Gasteiger partial charge in [-0.15, -0.1) is 0 Å². The van der Waals surface area contributed by atoms with Crippen LogP contribution in [-0.4, -0.2) is 47.5 Å². The minimum atomic E-state index is 0.155. The zero-order valence-electron chi connectivity index (χ0n) is 16.8. The number of amides is 1. The lowest BCUT2D eigenvalue weighted by Gasteiger charge is -2.32. The Hall–Kier alpha value is -3.09. The minimum Gasteiger partial charge on any atom is -0.361 e. The molecule has 3 heterocycles. The third kappa shape index (κ3) is 4.67. The van der Waals surface area contributed by atoms with Gasteiger partial charge in [0.05, 0.1) is 0 Å². The fraction of sp³-hybridized carbons (Fsp3) is 0.409. The normalized spacial score (nSPS) is 14.9. The number of aromatic amines is 1. The number of rotatable bonds is 7. The monoisotopic (exact) mass is 392 g/mol. The SMILES string of the molecule is CNc1nccc(N2CCC(CC(=O)NCCc3c[nH]c4ccccc34)CC2)n1. The van der Waals surface area contributed by atoms with Gasteiger partial charge in [0.1, 0.15) is 5.82 Å². The smallest absolute Gasteiger partial charge is 0.224 e. The van der Waals surface area contributed by atoms with Crippen molar-refractivity contribution in [2.24, 2.45) is 5.92 Å². The molecule has 0 aliphatic carbocycles. The first-order valence-corrected chi connectivity index (χ1v) is 10.3. The summed E-state index contributed by atoms with van der Waals surface area (Å²) in [6, 6.07) is 10.2. The van der Waals surface area contributed by atoms with Crippen LogP contribution in [0.2, 0.25) is 0 Å². The van der Waals surface area contributed by atoms with E-state index in [-0.39, 0.29) is 5.91 Å². The highest BCUT2D eigenvalue weighted by molar-refractivity contribution is 5.83. The minimum absolute atomic E-state index is 0.155. The quantitative estimate of drug-likeness (QED) is 0.576. The molecule has 1 fully saturated rings. The van der Waals surface area contributed by atoms with E-state index in [0.717, 1.165) is 43.7 Å². The number of hydrogen-bond acceptors (Lipinski definition) is 5. The van der Waals surface area contributed by atoms with Crippen LogP contribution in [0.1, 0.15) is 24.8 Å². The van der Waals surface area contributed by atoms with Gasteiger partial charge in [0, 0.05) is 56.4 Å². The van der Waals surface area contributed by atoms with E-state index in [9.17, 15) is 4.79 Å². The highest BCUT2D eigenvalue weighted by atomic mass is 16.1. The van der Waals surface area contributed by atoms with Gasteiger partial charge >= 0.3 is 0 Å². The van der Waals surface area contributed by atoms with E-state index >= 15 is 0 Å². The van der Waals surface area contributed by atoms with Crippen molar-refractivity contribution >= 4 is 28.6 Å². The number of hydrogen-bond donors (Lipinski definition) is 3. The Labute approximate surface area is 170 Å². The van der Waals surface area contributed by atoms with Crippen LogP contribution in [0.15, 0.2) is 42.7 Å². The van der Waals surface area contributed by atoms with Crippen LogP contribution in [0.5, 0.6) is 0 Å². The molecule has 7 heteroatoms. The zero-order chi connectivity index (χ0) is 20.1. The Kier molecular flexibility index (Phi) is 5.93. The number of nitrogens with zero attached hydrogens (tertiary/aromatic N) is 3. The second kappa shape index (κ2) is 8.94. The van der Waals surface area contributed by atoms with Crippen molar-refractivity contribution in [3.63, 3.8) is 0 Å². The van der Waals surface area contributed by atoms with Crippen molar-refractivity contribution in [2.45, 2.75) is 25.7 Å². The summed E-state index contributed by atoms with van der Waals surface area (Å²) in [5.74, 6) is 2.18. The summed E-state index contributed by atoms with van der Waals surface area (Å²) in [6.45, 7) is 2.52. The molecule has 2 aromatic heterocycles. The van der Waals surface area contributed by atoms with E-state index in [1.807, 2.05) is 31.4 Å². The second-order valence-corrected chi connectivity index (χ2v) is 7.58. The van der Waals surface area contributed by atoms with Gasteiger partial charge in [-0.2, -0.15) is 4.98 Å². The van der Waals surface area contributed by atoms with E-state index in [2.05, 4.69) is 42.6 Å². The summed E-state index contributed by atoms with van der Waals surface area (Å²) in [4.78, 5) is 26.6. The molecule has 1 amide bonds. The molecule has 7 nitrogen and oxygen atoms in total. The fourth-order valence-corrected chi connectivity index (χ4v) is 4.02. The van der Waals surface area contributed by atoms with Gasteiger partial charge in [0.25, 0.3) is 0 Å². The highest BCUT2D eigenvalue weighted by Gasteiger charge is 2.22. The van der Waals surface area contributed by atoms with Gasteiger partial charge in [-0.25, -0.2) is 4.98 Å². The molecule has 1 aliphatic heterocycles. The van der Waals surface area contributed by atoms with Crippen molar-refractivity contribution in [3.05, 3.63) is 48.3 Å². The van der Waals surface area contributed by atoms with E-state index in [1.54, 1.807) is 6.20 Å². The molecule has 3 N–H and O–H groups in total. The summed E-state index contributed by atoms with van der Waals surface area (Å²) >= 11 is 0. The molecule has 4 rings (SSSR count). The van der Waals surface area contributed by atoms with Gasteiger partial charge in [-0.05, 0) is 42.9 Å². The van der Waals surface area contributed by atoms with Crippen LogP contribution >= 0.6 is 0 Å². The first kappa shape index (κ1) is 19.2. The van der Waals surface area contributed by atoms with E-state index < -0.39 is 0 Å². The molecular formula is C22H28N6O. The molecule has 0 radical (unpaired) electrons. The van der Waals surface area contributed by atoms with Gasteiger partial charge in [-0.1, -0.05) is 18.2 Å². The van der Waals surface area contributed by atoms with E-state index in [4.69, 9.17) is 0 Å². The van der Waals surface area contributed by atoms with Crippen molar-refractivity contribution in [1.82, 2.24) is 20.3 Å². The number of benzene rings is 1. The van der Waals surface area contributed by atoms with E-state index in [1.165, 1.54) is 10.9 Å². The van der Waals surface area contributed by atoms with Crippen LogP contribution in [-0.2, 0) is 11.2 Å². The third-order valence-electron chi connectivity index (χ3n) is 5.67. The van der Waals surface area contributed by atoms with Gasteiger partial charge < -0.3 is 20.5 Å². The molecule has 1 saturated heterocycles. The first-order valence-electron chi connectivity index (χ1n) is 10.3. The first-order chi connectivity index (χ1) is 14.2. The van der Waals surface area contributed by atoms with Crippen molar-refractivity contribution < 1.29 is 4.79 Å². The molecule has 1 aromatic carbocycles. The number of carbonyl (C=O) groups excluding carboxylic acids is 1. The highest BCUT2D eigenvalue weighted by Crippen LogP contribution is 2.24. The number of anilines is 2. The van der Waals surface area contributed by atoms with Gasteiger partial charge in [0.15, 0.2) is 0 Å². The van der Waals surface area contributed by atoms with Crippen LogP contribution in [0.25, 0.3) is 10.9 Å². The lowest BCUT2D eigenvalue weighted by atomic mass is 9.93. The molecule has 0 saturated carbocycles. The van der Waals surface area contributed by atoms with Crippen LogP contribution < -0.4 is 15.5 Å². The predicted octanol–water partition coefficient (Wildman–Crippen LogP) is 2.97. The molecule has 0 atom stereocenters. The van der Waals surface area contributed by atoms with Crippen molar-refractivity contribution in [2.75, 3.05) is 36.9 Å². The Bertz CT molecular complexity index is 961. The number of nitrogens with one attached hydrogen (secondary N) is 3. The topological polar surface area (TPSA) is 85.9 Å². The van der Waals surface area contributed by atoms with Crippen molar-refractivity contribution in [1.29, 1.82) is 0 Å². The van der Waals surface area contributed by atoms with Crippen LogP contribution in [0.3, 0.4) is 0 Å². The Morgan fingerprint density at radius 1 is 1.24 bits per heavy atom. The molecule has 0 bridgehead atoms. The Morgan fingerprint density at radius 3 is 2.90 bits per heavy atom. The molecule has 152 valence electrons. The maximum atomic E-state index is 12.4. The molecule has 0 unspecified atom stereocenters. The zero-order valence-corrected chi connectivity index (χ0v) is 16.8. The lowest BCUT2D eigenvalue weighted by molar-refractivity contribution is -0.122. The number of piperidine rings is 1. The largest absolute Gasteiger partial charge is 0.361 e. The summed E-state index contributed by atoms with van der Waals surface area (Å²) in [5, 5.41) is 7.31. The standard InChI is InChI=1S/C22H28N6O/c1-23-22-25-11-7-20(27-22)28-12-8-16(9-13-28)14-21(29)24-10-6-17-15-26-19-5-3-2-4-18(17)19/h2-5,7,11,15-16,26H,6,8-10,12-14H2,1H3,(H,24,29)(H,23,25,27). The van der Waals surface area contributed by atoms with Crippen LogP contribution in [0.4, 0.5) is 11.8 Å². The van der Waals surface area contributed by atoms with Crippen LogP contribution in [0, 0.1) is 5.92 Å². The number of fused-ring (bicyclic) bond motifs is 1. The number of carbonyl (C=O) groups is 1. The average molecular weight is 393 g/mol. The Balaban J connectivity index is 1.21. The second-order valence-electron chi connectivity index (χ2n) is 7.58. The van der Waals surface area contributed by atoms with Gasteiger partial charge in [-0.3, -0.25) is 4.79 Å². The number of para-hydroxylation sites is 1. The van der Waals surface area contributed by atoms with Gasteiger partial charge in [0.2, 0.25) is 11.9 Å². The molecule has 3 aromatic rings. The van der Waals surface area contributed by atoms with Crippen molar-refractivity contribution in [3.8, 4) is 0 Å². The molecule has 1 aliphatic rings. The molecule has 29 heavy (non-hydrogen) atoms. The summed E-state index contributed by atoms with van der Waals surface area (Å²) < 4.78 is 0. The van der Waals surface area contributed by atoms with E-state index in [0.29, 0.717) is 24.8 Å². The Morgan fingerprint density at radius 2 is 2.07 bits per heavy atom. The molecule has 0 spiro atoms. The fourth-order valence-electron chi connectivity index (χ4n) is 4.02. The third-order valence-corrected chi connectivity index (χ3v) is 5.67. The summed E-state index contributed by atoms with van der Waals surface area (Å²) in [5.41, 5.74) is 2.39. The number of H-pyrrole nitrogens is 1. The summed E-state index contributed by atoms with van der Waals surface area (Å²) in [6.07, 6.45) is 7.28. The molecular weight excluding hydrogens is 364 g/mol. The average Bonchev–Trinajstić information content (AvgIpc) is 3.17. The maximum Gasteiger partial charge on any atom is 0.224 e. The maximum absolute atomic E-state index is 12.4. The number of aromatic nitrogens is 3. The lowest BCUT2D eigenvalue weighted by Crippen LogP contribution is -2.36.